The molecule has 2 aromatic rings. The number of ether oxygens (including phenoxy) is 2. The van der Waals surface area contributed by atoms with Crippen molar-refractivity contribution >= 4 is 55.1 Å². The van der Waals surface area contributed by atoms with Crippen molar-refractivity contribution in [3.8, 4) is 23.0 Å². The zero-order chi connectivity index (χ0) is 12.9. The molecule has 6 heteroatoms. The molecule has 1 aliphatic rings. The Kier molecular flexibility index (Phi) is 3.22. The van der Waals surface area contributed by atoms with Crippen molar-refractivity contribution in [3.63, 3.8) is 0 Å². The first-order valence-corrected chi connectivity index (χ1v) is 7.24. The maximum atomic E-state index is 6.09. The molecule has 92 valence electrons. The number of benzene rings is 2. The van der Waals surface area contributed by atoms with E-state index in [4.69, 9.17) is 32.7 Å². The second-order valence-electron chi connectivity index (χ2n) is 3.58. The molecule has 0 atom stereocenters. The highest BCUT2D eigenvalue weighted by atomic mass is 79.9. The van der Waals surface area contributed by atoms with Crippen molar-refractivity contribution in [2.45, 2.75) is 0 Å². The normalized spacial score (nSPS) is 12.2. The van der Waals surface area contributed by atoms with Crippen molar-refractivity contribution in [2.24, 2.45) is 0 Å². The highest BCUT2D eigenvalue weighted by Crippen LogP contribution is 2.54. The number of fused-ring (bicyclic) bond motifs is 2. The average molecular weight is 411 g/mol. The van der Waals surface area contributed by atoms with Gasteiger partial charge in [-0.15, -0.1) is 0 Å². The summed E-state index contributed by atoms with van der Waals surface area (Å²) in [7, 11) is 0. The monoisotopic (exact) mass is 408 g/mol. The largest absolute Gasteiger partial charge is 0.448 e. The molecule has 2 nitrogen and oxygen atoms in total. The Hall–Kier alpha value is -0.420. The van der Waals surface area contributed by atoms with Gasteiger partial charge in [0.05, 0.1) is 19.0 Å². The van der Waals surface area contributed by atoms with Gasteiger partial charge in [0.2, 0.25) is 0 Å². The lowest BCUT2D eigenvalue weighted by atomic mass is 10.2. The van der Waals surface area contributed by atoms with Gasteiger partial charge in [-0.25, -0.2) is 0 Å². The molecule has 0 spiro atoms. The molecule has 0 saturated carbocycles. The van der Waals surface area contributed by atoms with Gasteiger partial charge in [-0.05, 0) is 56.1 Å². The summed E-state index contributed by atoms with van der Waals surface area (Å²) < 4.78 is 13.0. The molecular formula is C12H4Br2Cl2O2. The van der Waals surface area contributed by atoms with Crippen LogP contribution in [0.25, 0.3) is 0 Å². The SMILES string of the molecule is Clc1ccc2c(c1Br)Oc1c(Br)ccc(Cl)c1O2. The molecule has 18 heavy (non-hydrogen) atoms. The molecule has 1 heterocycles. The van der Waals surface area contributed by atoms with Gasteiger partial charge in [-0.1, -0.05) is 23.2 Å². The van der Waals surface area contributed by atoms with Crippen LogP contribution in [0.2, 0.25) is 10.0 Å². The van der Waals surface area contributed by atoms with Crippen molar-refractivity contribution in [1.82, 2.24) is 0 Å². The summed E-state index contributed by atoms with van der Waals surface area (Å²) in [5, 5.41) is 1.05. The van der Waals surface area contributed by atoms with E-state index in [0.717, 1.165) is 4.47 Å². The fraction of sp³-hybridized carbons (Fsp3) is 0. The lowest BCUT2D eigenvalue weighted by Crippen LogP contribution is -2.01. The van der Waals surface area contributed by atoms with Crippen molar-refractivity contribution in [1.29, 1.82) is 0 Å². The van der Waals surface area contributed by atoms with Crippen LogP contribution in [0, 0.1) is 0 Å². The average Bonchev–Trinajstić information content (AvgIpc) is 2.37. The van der Waals surface area contributed by atoms with Gasteiger partial charge in [-0.3, -0.25) is 0 Å². The quantitative estimate of drug-likeness (QED) is 0.426. The third kappa shape index (κ3) is 1.92. The minimum absolute atomic E-state index is 0.491. The first-order chi connectivity index (χ1) is 8.58. The first-order valence-electron chi connectivity index (χ1n) is 4.89. The first kappa shape index (κ1) is 12.6. The molecule has 0 aromatic heterocycles. The lowest BCUT2D eigenvalue weighted by Gasteiger charge is -2.23. The maximum absolute atomic E-state index is 6.09. The van der Waals surface area contributed by atoms with E-state index >= 15 is 0 Å². The van der Waals surface area contributed by atoms with E-state index in [2.05, 4.69) is 31.9 Å². The van der Waals surface area contributed by atoms with E-state index in [1.54, 1.807) is 24.3 Å². The van der Waals surface area contributed by atoms with Gasteiger partial charge in [0.25, 0.3) is 0 Å². The van der Waals surface area contributed by atoms with Crippen LogP contribution >= 0.6 is 55.1 Å². The summed E-state index contributed by atoms with van der Waals surface area (Å²) in [5.41, 5.74) is 0. The predicted octanol–water partition coefficient (Wildman–Crippen LogP) is 6.42. The van der Waals surface area contributed by atoms with E-state index in [1.165, 1.54) is 0 Å². The predicted molar refractivity (Wildman–Crippen MR) is 78.5 cm³/mol. The summed E-state index contributed by atoms with van der Waals surface area (Å²) in [6.07, 6.45) is 0. The summed E-state index contributed by atoms with van der Waals surface area (Å²) in [6.45, 7) is 0. The van der Waals surface area contributed by atoms with Crippen LogP contribution in [0.4, 0.5) is 0 Å². The number of halogens is 4. The van der Waals surface area contributed by atoms with Crippen LogP contribution in [-0.4, -0.2) is 0 Å². The number of hydrogen-bond donors (Lipinski definition) is 0. The maximum Gasteiger partial charge on any atom is 0.189 e. The van der Waals surface area contributed by atoms with E-state index in [0.29, 0.717) is 37.5 Å². The van der Waals surface area contributed by atoms with Crippen molar-refractivity contribution in [3.05, 3.63) is 43.3 Å². The van der Waals surface area contributed by atoms with E-state index in [-0.39, 0.29) is 0 Å². The molecule has 0 N–H and O–H groups in total. The highest BCUT2D eigenvalue weighted by molar-refractivity contribution is 9.11. The molecule has 0 bridgehead atoms. The van der Waals surface area contributed by atoms with Crippen LogP contribution in [0.5, 0.6) is 23.0 Å². The van der Waals surface area contributed by atoms with Gasteiger partial charge < -0.3 is 9.47 Å². The van der Waals surface area contributed by atoms with E-state index in [9.17, 15) is 0 Å². The van der Waals surface area contributed by atoms with E-state index in [1.807, 2.05) is 0 Å². The van der Waals surface area contributed by atoms with Crippen LogP contribution in [0.1, 0.15) is 0 Å². The topological polar surface area (TPSA) is 18.5 Å². The third-order valence-electron chi connectivity index (χ3n) is 2.45. The van der Waals surface area contributed by atoms with Gasteiger partial charge in [0, 0.05) is 0 Å². The molecule has 1 aliphatic heterocycles. The van der Waals surface area contributed by atoms with Crippen molar-refractivity contribution < 1.29 is 9.47 Å². The Bertz CT molecular complexity index is 659. The van der Waals surface area contributed by atoms with E-state index < -0.39 is 0 Å². The lowest BCUT2D eigenvalue weighted by molar-refractivity contribution is 0.356. The molecule has 0 radical (unpaired) electrons. The number of rotatable bonds is 0. The summed E-state index contributed by atoms with van der Waals surface area (Å²) in [6, 6.07) is 7.01. The van der Waals surface area contributed by atoms with Crippen LogP contribution < -0.4 is 9.47 Å². The van der Waals surface area contributed by atoms with Crippen LogP contribution in [0.3, 0.4) is 0 Å². The Morgan fingerprint density at radius 2 is 1.50 bits per heavy atom. The molecule has 0 aliphatic carbocycles. The fourth-order valence-corrected chi connectivity index (χ4v) is 2.74. The molecule has 0 fully saturated rings. The van der Waals surface area contributed by atoms with Crippen LogP contribution in [-0.2, 0) is 0 Å². The van der Waals surface area contributed by atoms with Gasteiger partial charge in [-0.2, -0.15) is 0 Å². The Morgan fingerprint density at radius 1 is 0.778 bits per heavy atom. The summed E-state index contributed by atoms with van der Waals surface area (Å²) in [4.78, 5) is 0. The molecule has 2 aromatic carbocycles. The molecular weight excluding hydrogens is 407 g/mol. The Balaban J connectivity index is 2.21. The Labute approximate surface area is 130 Å². The second-order valence-corrected chi connectivity index (χ2v) is 6.04. The number of hydrogen-bond acceptors (Lipinski definition) is 2. The summed E-state index contributed by atoms with van der Waals surface area (Å²) >= 11 is 18.9. The minimum Gasteiger partial charge on any atom is -0.448 e. The smallest absolute Gasteiger partial charge is 0.189 e. The second kappa shape index (κ2) is 4.60. The molecule has 0 saturated heterocycles. The fourth-order valence-electron chi connectivity index (χ4n) is 1.61. The Morgan fingerprint density at radius 3 is 2.28 bits per heavy atom. The molecule has 3 rings (SSSR count). The highest BCUT2D eigenvalue weighted by Gasteiger charge is 2.26. The molecule has 0 unspecified atom stereocenters. The standard InChI is InChI=1S/C12H4Br2Cl2O2/c13-5-1-2-7(16)11-10(5)18-12-8(17-11)4-3-6(15)9(12)14/h1-4H. The van der Waals surface area contributed by atoms with Gasteiger partial charge in [0.1, 0.15) is 0 Å². The molecule has 0 amide bonds. The minimum atomic E-state index is 0.491. The summed E-state index contributed by atoms with van der Waals surface area (Å²) in [5.74, 6) is 2.14. The van der Waals surface area contributed by atoms with Crippen molar-refractivity contribution in [2.75, 3.05) is 0 Å². The third-order valence-corrected chi connectivity index (χ3v) is 4.70. The van der Waals surface area contributed by atoms with Gasteiger partial charge >= 0.3 is 0 Å². The zero-order valence-corrected chi connectivity index (χ0v) is 13.3. The van der Waals surface area contributed by atoms with Gasteiger partial charge in [0.15, 0.2) is 23.0 Å². The zero-order valence-electron chi connectivity index (χ0n) is 8.64. The van der Waals surface area contributed by atoms with Crippen LogP contribution in [0.15, 0.2) is 33.2 Å².